The second-order valence-corrected chi connectivity index (χ2v) is 4.30. The summed E-state index contributed by atoms with van der Waals surface area (Å²) in [7, 11) is 0. The van der Waals surface area contributed by atoms with E-state index in [4.69, 9.17) is 16.7 Å². The van der Waals surface area contributed by atoms with Crippen LogP contribution < -0.4 is 10.6 Å². The van der Waals surface area contributed by atoms with Crippen molar-refractivity contribution in [1.29, 1.82) is 0 Å². The molecule has 18 heavy (non-hydrogen) atoms. The SMILES string of the molecule is C[C@@H](O)CNC(=O)C(=O)NCc1ccc(Cl)cc1. The van der Waals surface area contributed by atoms with Crippen LogP contribution in [-0.4, -0.2) is 29.6 Å². The number of carbonyl (C=O) groups is 2. The Morgan fingerprint density at radius 2 is 1.78 bits per heavy atom. The second kappa shape index (κ2) is 6.98. The standard InChI is InChI=1S/C12H15ClN2O3/c1-8(16)6-14-11(17)12(18)15-7-9-2-4-10(13)5-3-9/h2-5,8,16H,6-7H2,1H3,(H,14,17)(H,15,18)/t8-/m1/s1. The molecule has 0 aromatic heterocycles. The fourth-order valence-electron chi connectivity index (χ4n) is 1.19. The van der Waals surface area contributed by atoms with Gasteiger partial charge in [-0.3, -0.25) is 9.59 Å². The number of benzene rings is 1. The van der Waals surface area contributed by atoms with E-state index in [1.165, 1.54) is 6.92 Å². The van der Waals surface area contributed by atoms with Gasteiger partial charge >= 0.3 is 11.8 Å². The van der Waals surface area contributed by atoms with Crippen molar-refractivity contribution >= 4 is 23.4 Å². The van der Waals surface area contributed by atoms with Crippen LogP contribution in [0.3, 0.4) is 0 Å². The topological polar surface area (TPSA) is 78.4 Å². The lowest BCUT2D eigenvalue weighted by atomic mass is 10.2. The van der Waals surface area contributed by atoms with Crippen LogP contribution in [0.15, 0.2) is 24.3 Å². The second-order valence-electron chi connectivity index (χ2n) is 3.87. The molecule has 1 aromatic carbocycles. The molecule has 98 valence electrons. The molecule has 6 heteroatoms. The third kappa shape index (κ3) is 5.16. The molecule has 0 saturated carbocycles. The van der Waals surface area contributed by atoms with Gasteiger partial charge in [-0.25, -0.2) is 0 Å². The van der Waals surface area contributed by atoms with Gasteiger partial charge in [-0.05, 0) is 24.6 Å². The van der Waals surface area contributed by atoms with Crippen LogP contribution in [-0.2, 0) is 16.1 Å². The first kappa shape index (κ1) is 14.5. The van der Waals surface area contributed by atoms with E-state index < -0.39 is 17.9 Å². The Bertz CT molecular complexity index is 418. The molecular formula is C12H15ClN2O3. The van der Waals surface area contributed by atoms with Gasteiger partial charge in [0.15, 0.2) is 0 Å². The Hall–Kier alpha value is -1.59. The third-order valence-corrected chi connectivity index (χ3v) is 2.38. The van der Waals surface area contributed by atoms with Crippen LogP contribution in [0.25, 0.3) is 0 Å². The van der Waals surface area contributed by atoms with Crippen LogP contribution in [0.5, 0.6) is 0 Å². The molecule has 0 aliphatic rings. The molecule has 0 bridgehead atoms. The summed E-state index contributed by atoms with van der Waals surface area (Å²) in [5.41, 5.74) is 0.844. The Balaban J connectivity index is 2.36. The van der Waals surface area contributed by atoms with E-state index in [0.29, 0.717) is 5.02 Å². The van der Waals surface area contributed by atoms with E-state index >= 15 is 0 Å². The molecular weight excluding hydrogens is 256 g/mol. The third-order valence-electron chi connectivity index (χ3n) is 2.13. The Morgan fingerprint density at radius 1 is 1.22 bits per heavy atom. The predicted molar refractivity (Wildman–Crippen MR) is 68.0 cm³/mol. The van der Waals surface area contributed by atoms with E-state index in [1.807, 2.05) is 0 Å². The molecule has 0 aliphatic carbocycles. The maximum atomic E-state index is 11.4. The Morgan fingerprint density at radius 3 is 2.33 bits per heavy atom. The van der Waals surface area contributed by atoms with Gasteiger partial charge in [0.05, 0.1) is 6.10 Å². The first-order valence-electron chi connectivity index (χ1n) is 5.47. The van der Waals surface area contributed by atoms with Crippen molar-refractivity contribution in [2.75, 3.05) is 6.54 Å². The zero-order valence-electron chi connectivity index (χ0n) is 9.94. The van der Waals surface area contributed by atoms with Gasteiger partial charge in [0, 0.05) is 18.1 Å². The molecule has 2 amide bonds. The highest BCUT2D eigenvalue weighted by atomic mass is 35.5. The van der Waals surface area contributed by atoms with Gasteiger partial charge in [-0.2, -0.15) is 0 Å². The summed E-state index contributed by atoms with van der Waals surface area (Å²) >= 11 is 5.72. The van der Waals surface area contributed by atoms with Crippen LogP contribution >= 0.6 is 11.6 Å². The fourth-order valence-corrected chi connectivity index (χ4v) is 1.31. The first-order chi connectivity index (χ1) is 8.49. The molecule has 0 spiro atoms. The highest BCUT2D eigenvalue weighted by Gasteiger charge is 2.12. The van der Waals surface area contributed by atoms with Gasteiger partial charge in [0.2, 0.25) is 0 Å². The van der Waals surface area contributed by atoms with Gasteiger partial charge in [-0.15, -0.1) is 0 Å². The summed E-state index contributed by atoms with van der Waals surface area (Å²) < 4.78 is 0. The minimum atomic E-state index is -0.759. The van der Waals surface area contributed by atoms with Gasteiger partial charge in [0.25, 0.3) is 0 Å². The van der Waals surface area contributed by atoms with Gasteiger partial charge in [-0.1, -0.05) is 23.7 Å². The van der Waals surface area contributed by atoms with Crippen LogP contribution in [0.1, 0.15) is 12.5 Å². The molecule has 0 unspecified atom stereocenters. The molecule has 0 fully saturated rings. The maximum Gasteiger partial charge on any atom is 0.309 e. The molecule has 0 saturated heterocycles. The number of rotatable bonds is 4. The summed E-state index contributed by atoms with van der Waals surface area (Å²) in [5.74, 6) is -1.49. The first-order valence-corrected chi connectivity index (χ1v) is 5.85. The zero-order valence-corrected chi connectivity index (χ0v) is 10.7. The van der Waals surface area contributed by atoms with E-state index in [9.17, 15) is 9.59 Å². The lowest BCUT2D eigenvalue weighted by Crippen LogP contribution is -2.42. The van der Waals surface area contributed by atoms with E-state index in [2.05, 4.69) is 10.6 Å². The van der Waals surface area contributed by atoms with Crippen molar-refractivity contribution in [3.63, 3.8) is 0 Å². The minimum Gasteiger partial charge on any atom is -0.392 e. The van der Waals surface area contributed by atoms with Crippen molar-refractivity contribution in [3.8, 4) is 0 Å². The lowest BCUT2D eigenvalue weighted by molar-refractivity contribution is -0.139. The van der Waals surface area contributed by atoms with Crippen molar-refractivity contribution in [1.82, 2.24) is 10.6 Å². The number of aliphatic hydroxyl groups is 1. The minimum absolute atomic E-state index is 0.0488. The number of aliphatic hydroxyl groups excluding tert-OH is 1. The number of hydrogen-bond acceptors (Lipinski definition) is 3. The summed E-state index contributed by atoms with van der Waals surface area (Å²) in [6, 6.07) is 6.93. The quantitative estimate of drug-likeness (QED) is 0.695. The number of carbonyl (C=O) groups excluding carboxylic acids is 2. The number of amides is 2. The Kier molecular flexibility index (Phi) is 5.61. The summed E-state index contributed by atoms with van der Waals surface area (Å²) in [4.78, 5) is 22.6. The fraction of sp³-hybridized carbons (Fsp3) is 0.333. The number of hydrogen-bond donors (Lipinski definition) is 3. The Labute approximate surface area is 110 Å². The highest BCUT2D eigenvalue weighted by molar-refractivity contribution is 6.35. The average Bonchev–Trinajstić information content (AvgIpc) is 2.34. The molecule has 1 rings (SSSR count). The molecule has 0 radical (unpaired) electrons. The smallest absolute Gasteiger partial charge is 0.309 e. The normalized spacial score (nSPS) is 11.7. The summed E-state index contributed by atoms with van der Waals surface area (Å²) in [6.45, 7) is 1.82. The molecule has 3 N–H and O–H groups in total. The van der Waals surface area contributed by atoms with Crippen LogP contribution in [0.2, 0.25) is 5.02 Å². The van der Waals surface area contributed by atoms with Crippen molar-refractivity contribution in [2.24, 2.45) is 0 Å². The van der Waals surface area contributed by atoms with Gasteiger partial charge < -0.3 is 15.7 Å². The van der Waals surface area contributed by atoms with E-state index in [1.54, 1.807) is 24.3 Å². The van der Waals surface area contributed by atoms with Crippen LogP contribution in [0, 0.1) is 0 Å². The zero-order chi connectivity index (χ0) is 13.5. The molecule has 5 nitrogen and oxygen atoms in total. The van der Waals surface area contributed by atoms with Crippen molar-refractivity contribution in [3.05, 3.63) is 34.9 Å². The molecule has 0 heterocycles. The van der Waals surface area contributed by atoms with E-state index in [0.717, 1.165) is 5.56 Å². The monoisotopic (exact) mass is 270 g/mol. The number of nitrogens with one attached hydrogen (secondary N) is 2. The molecule has 1 aromatic rings. The average molecular weight is 271 g/mol. The summed E-state index contributed by atoms with van der Waals surface area (Å²) in [6.07, 6.45) is -0.682. The summed E-state index contributed by atoms with van der Waals surface area (Å²) in [5, 5.41) is 14.3. The lowest BCUT2D eigenvalue weighted by Gasteiger charge is -2.07. The van der Waals surface area contributed by atoms with Gasteiger partial charge in [0.1, 0.15) is 0 Å². The number of halogens is 1. The predicted octanol–water partition coefficient (Wildman–Crippen LogP) is 0.453. The van der Waals surface area contributed by atoms with Crippen molar-refractivity contribution in [2.45, 2.75) is 19.6 Å². The molecule has 1 atom stereocenters. The van der Waals surface area contributed by atoms with Crippen LogP contribution in [0.4, 0.5) is 0 Å². The van der Waals surface area contributed by atoms with E-state index in [-0.39, 0.29) is 13.1 Å². The highest BCUT2D eigenvalue weighted by Crippen LogP contribution is 2.08. The van der Waals surface area contributed by atoms with Crippen molar-refractivity contribution < 1.29 is 14.7 Å². The largest absolute Gasteiger partial charge is 0.392 e. The maximum absolute atomic E-state index is 11.4. The molecule has 0 aliphatic heterocycles.